The van der Waals surface area contributed by atoms with Gasteiger partial charge in [0.25, 0.3) is 5.91 Å². The number of ether oxygens (including phenoxy) is 1. The van der Waals surface area contributed by atoms with E-state index in [0.29, 0.717) is 18.2 Å². The molecule has 2 bridgehead atoms. The van der Waals surface area contributed by atoms with Gasteiger partial charge in [0.15, 0.2) is 17.5 Å². The van der Waals surface area contributed by atoms with Gasteiger partial charge < -0.3 is 14.2 Å². The third-order valence-electron chi connectivity index (χ3n) is 5.11. The lowest BCUT2D eigenvalue weighted by molar-refractivity contribution is -0.0569. The Morgan fingerprint density at radius 2 is 1.87 bits per heavy atom. The average molecular weight is 453 g/mol. The molecular weight excluding hydrogens is 441 g/mol. The molecule has 0 unspecified atom stereocenters. The number of benzene rings is 1. The summed E-state index contributed by atoms with van der Waals surface area (Å²) in [5.41, 5.74) is 0.0926. The van der Waals surface area contributed by atoms with Crippen molar-refractivity contribution in [2.45, 2.75) is 18.6 Å². The fourth-order valence-electron chi connectivity index (χ4n) is 3.75. The maximum Gasteiger partial charge on any atom is 0.256 e. The lowest BCUT2D eigenvalue weighted by Crippen LogP contribution is -2.56. The van der Waals surface area contributed by atoms with Crippen LogP contribution in [-0.4, -0.2) is 54.8 Å². The third-order valence-corrected chi connectivity index (χ3v) is 5.97. The zero-order chi connectivity index (χ0) is 21.0. The second-order valence-electron chi connectivity index (χ2n) is 6.86. The zero-order valence-electron chi connectivity index (χ0n) is 15.1. The van der Waals surface area contributed by atoms with Crippen LogP contribution in [0.3, 0.4) is 0 Å². The Kier molecular flexibility index (Phi) is 4.64. The molecule has 154 valence electrons. The highest BCUT2D eigenvalue weighted by Gasteiger charge is 2.44. The van der Waals surface area contributed by atoms with Crippen molar-refractivity contribution in [3.8, 4) is 11.6 Å². The molecule has 0 saturated carbocycles. The fraction of sp³-hybridized carbons (Fsp3) is 0.278. The van der Waals surface area contributed by atoms with Gasteiger partial charge in [0.2, 0.25) is 5.82 Å². The number of fused-ring (bicyclic) bond motifs is 4. The minimum absolute atomic E-state index is 0.0926. The molecule has 2 aromatic heterocycles. The van der Waals surface area contributed by atoms with Gasteiger partial charge in [-0.15, -0.1) is 10.2 Å². The summed E-state index contributed by atoms with van der Waals surface area (Å²) in [7, 11) is 0. The van der Waals surface area contributed by atoms with Crippen molar-refractivity contribution in [1.29, 1.82) is 0 Å². The van der Waals surface area contributed by atoms with Crippen molar-refractivity contribution in [3.05, 3.63) is 57.6 Å². The van der Waals surface area contributed by atoms with Crippen LogP contribution in [0.25, 0.3) is 11.6 Å². The molecule has 2 aliphatic rings. The van der Waals surface area contributed by atoms with Gasteiger partial charge in [-0.1, -0.05) is 23.2 Å². The predicted molar refractivity (Wildman–Crippen MR) is 101 cm³/mol. The van der Waals surface area contributed by atoms with Crippen LogP contribution in [0.5, 0.6) is 0 Å². The van der Waals surface area contributed by atoms with Crippen LogP contribution in [-0.2, 0) is 11.3 Å². The molecule has 1 amide bonds. The van der Waals surface area contributed by atoms with Gasteiger partial charge in [0, 0.05) is 6.54 Å². The molecule has 1 saturated heterocycles. The van der Waals surface area contributed by atoms with Crippen LogP contribution in [0, 0.1) is 11.6 Å². The molecular formula is C18H12Cl2F2N6O2. The molecule has 0 spiro atoms. The first kappa shape index (κ1) is 19.3. The molecule has 3 aromatic rings. The van der Waals surface area contributed by atoms with Crippen molar-refractivity contribution in [2.75, 3.05) is 13.2 Å². The minimum atomic E-state index is -0.705. The lowest BCUT2D eigenvalue weighted by Gasteiger charge is -2.45. The molecule has 2 atom stereocenters. The summed E-state index contributed by atoms with van der Waals surface area (Å²) in [4.78, 5) is 22.8. The predicted octanol–water partition coefficient (Wildman–Crippen LogP) is 2.92. The van der Waals surface area contributed by atoms with Crippen LogP contribution >= 0.6 is 23.2 Å². The number of rotatable bonds is 2. The molecule has 5 rings (SSSR count). The minimum Gasteiger partial charge on any atom is -0.377 e. The summed E-state index contributed by atoms with van der Waals surface area (Å²) in [5, 5.41) is 7.89. The number of aromatic nitrogens is 5. The Balaban J connectivity index is 1.55. The SMILES string of the molecule is O=C(c1ccc(F)c(Cl)c1Cl)N1[C@H]2COC[C@@H]1c1nnc(-c3ncc(F)cn3)n1C2. The molecule has 0 N–H and O–H groups in total. The summed E-state index contributed by atoms with van der Waals surface area (Å²) in [6.45, 7) is 0.778. The van der Waals surface area contributed by atoms with Gasteiger partial charge in [0.1, 0.15) is 11.9 Å². The van der Waals surface area contributed by atoms with Gasteiger partial charge in [-0.25, -0.2) is 18.7 Å². The molecule has 2 aliphatic heterocycles. The van der Waals surface area contributed by atoms with Crippen molar-refractivity contribution in [3.63, 3.8) is 0 Å². The number of carbonyl (C=O) groups excluding carboxylic acids is 1. The summed E-state index contributed by atoms with van der Waals surface area (Å²) in [5.74, 6) is -0.599. The van der Waals surface area contributed by atoms with E-state index in [9.17, 15) is 13.6 Å². The monoisotopic (exact) mass is 452 g/mol. The quantitative estimate of drug-likeness (QED) is 0.555. The average Bonchev–Trinajstić information content (AvgIpc) is 3.15. The maximum absolute atomic E-state index is 13.7. The van der Waals surface area contributed by atoms with E-state index in [-0.39, 0.29) is 40.7 Å². The van der Waals surface area contributed by atoms with Crippen molar-refractivity contribution in [2.24, 2.45) is 0 Å². The van der Waals surface area contributed by atoms with Gasteiger partial charge in [0.05, 0.1) is 47.3 Å². The molecule has 12 heteroatoms. The maximum atomic E-state index is 13.7. The number of nitrogens with zero attached hydrogens (tertiary/aromatic N) is 6. The van der Waals surface area contributed by atoms with E-state index in [4.69, 9.17) is 27.9 Å². The van der Waals surface area contributed by atoms with Crippen molar-refractivity contribution < 1.29 is 18.3 Å². The number of hydrogen-bond donors (Lipinski definition) is 0. The van der Waals surface area contributed by atoms with Gasteiger partial charge >= 0.3 is 0 Å². The van der Waals surface area contributed by atoms with Crippen LogP contribution in [0.15, 0.2) is 24.5 Å². The first-order valence-electron chi connectivity index (χ1n) is 8.90. The van der Waals surface area contributed by atoms with Crippen LogP contribution in [0.1, 0.15) is 22.2 Å². The van der Waals surface area contributed by atoms with E-state index in [1.165, 1.54) is 6.07 Å². The Hall–Kier alpha value is -2.69. The largest absolute Gasteiger partial charge is 0.377 e. The molecule has 4 heterocycles. The Bertz CT molecular complexity index is 1160. The van der Waals surface area contributed by atoms with Crippen molar-refractivity contribution in [1.82, 2.24) is 29.6 Å². The summed E-state index contributed by atoms with van der Waals surface area (Å²) in [6, 6.07) is 1.49. The normalized spacial score (nSPS) is 20.2. The highest BCUT2D eigenvalue weighted by molar-refractivity contribution is 6.44. The van der Waals surface area contributed by atoms with Crippen LogP contribution in [0.2, 0.25) is 10.0 Å². The number of halogens is 4. The molecule has 0 aliphatic carbocycles. The summed E-state index contributed by atoms with van der Waals surface area (Å²) >= 11 is 12.0. The zero-order valence-corrected chi connectivity index (χ0v) is 16.6. The molecule has 1 aromatic carbocycles. The fourth-order valence-corrected chi connectivity index (χ4v) is 4.15. The molecule has 1 fully saturated rings. The molecule has 8 nitrogen and oxygen atoms in total. The number of amides is 1. The molecule has 0 radical (unpaired) electrons. The lowest BCUT2D eigenvalue weighted by atomic mass is 10.0. The Morgan fingerprint density at radius 1 is 1.10 bits per heavy atom. The second kappa shape index (κ2) is 7.22. The van der Waals surface area contributed by atoms with E-state index < -0.39 is 23.6 Å². The Labute approximate surface area is 178 Å². The van der Waals surface area contributed by atoms with E-state index in [0.717, 1.165) is 18.5 Å². The van der Waals surface area contributed by atoms with Gasteiger partial charge in [-0.3, -0.25) is 4.79 Å². The molecule has 30 heavy (non-hydrogen) atoms. The summed E-state index contributed by atoms with van der Waals surface area (Å²) in [6.07, 6.45) is 2.10. The third kappa shape index (κ3) is 2.94. The standard InChI is InChI=1S/C18H12Cl2F2N6O2/c19-13-10(1-2-11(22)14(13)20)18(29)28-9-5-27-16(12(28)7-30-6-9)25-26-17(27)15-23-3-8(21)4-24-15/h1-4,9,12H,5-7H2/t9-,12-/m1/s1. The van der Waals surface area contributed by atoms with E-state index in [1.54, 1.807) is 9.47 Å². The van der Waals surface area contributed by atoms with Gasteiger partial charge in [-0.2, -0.15) is 0 Å². The van der Waals surface area contributed by atoms with Crippen LogP contribution < -0.4 is 0 Å². The topological polar surface area (TPSA) is 86.0 Å². The highest BCUT2D eigenvalue weighted by atomic mass is 35.5. The Morgan fingerprint density at radius 3 is 2.63 bits per heavy atom. The van der Waals surface area contributed by atoms with Gasteiger partial charge in [-0.05, 0) is 12.1 Å². The highest BCUT2D eigenvalue weighted by Crippen LogP contribution is 2.37. The number of hydrogen-bond acceptors (Lipinski definition) is 6. The van der Waals surface area contributed by atoms with E-state index in [1.807, 2.05) is 0 Å². The second-order valence-corrected chi connectivity index (χ2v) is 7.62. The van der Waals surface area contributed by atoms with E-state index >= 15 is 0 Å². The van der Waals surface area contributed by atoms with Crippen molar-refractivity contribution >= 4 is 29.1 Å². The van der Waals surface area contributed by atoms with Crippen LogP contribution in [0.4, 0.5) is 8.78 Å². The smallest absolute Gasteiger partial charge is 0.256 e. The first-order chi connectivity index (χ1) is 14.5. The number of morpholine rings is 1. The van der Waals surface area contributed by atoms with E-state index in [2.05, 4.69) is 20.2 Å². The summed E-state index contributed by atoms with van der Waals surface area (Å²) < 4.78 is 34.3. The number of carbonyl (C=O) groups is 1. The first-order valence-corrected chi connectivity index (χ1v) is 9.66.